The second kappa shape index (κ2) is 11.4. The summed E-state index contributed by atoms with van der Waals surface area (Å²) in [6.45, 7) is -0.277. The molecule has 11 heteroatoms. The van der Waals surface area contributed by atoms with Crippen molar-refractivity contribution in [2.75, 3.05) is 26.4 Å². The van der Waals surface area contributed by atoms with Crippen molar-refractivity contribution in [2.24, 2.45) is 0 Å². The van der Waals surface area contributed by atoms with Gasteiger partial charge in [0.15, 0.2) is 6.29 Å². The van der Waals surface area contributed by atoms with E-state index in [0.717, 1.165) is 0 Å². The second-order valence-electron chi connectivity index (χ2n) is 6.13. The van der Waals surface area contributed by atoms with Gasteiger partial charge < -0.3 is 55.1 Å². The third-order valence-electron chi connectivity index (χ3n) is 4.11. The van der Waals surface area contributed by atoms with Crippen molar-refractivity contribution in [1.82, 2.24) is 0 Å². The molecule has 9 unspecified atom stereocenters. The molecule has 0 amide bonds. The molecule has 9 atom stereocenters. The highest BCUT2D eigenvalue weighted by Gasteiger charge is 2.48. The van der Waals surface area contributed by atoms with Crippen LogP contribution in [-0.4, -0.2) is 122 Å². The SMILES string of the molecule is CCCOC1C(O)C(CO)OC(OC(C(O)CO)C(O)C(O)CO)C1O. The number of aliphatic hydroxyl groups is 8. The quantitative estimate of drug-likeness (QED) is 0.171. The molecule has 0 spiro atoms. The molecule has 0 aromatic rings. The lowest BCUT2D eigenvalue weighted by Gasteiger charge is -2.43. The van der Waals surface area contributed by atoms with E-state index in [0.29, 0.717) is 6.42 Å². The van der Waals surface area contributed by atoms with E-state index in [4.69, 9.17) is 24.4 Å². The highest BCUT2D eigenvalue weighted by atomic mass is 16.7. The molecule has 1 rings (SSSR count). The van der Waals surface area contributed by atoms with Crippen molar-refractivity contribution in [3.05, 3.63) is 0 Å². The lowest BCUT2D eigenvalue weighted by molar-refractivity contribution is -0.332. The third-order valence-corrected chi connectivity index (χ3v) is 4.11. The fourth-order valence-electron chi connectivity index (χ4n) is 2.60. The fourth-order valence-corrected chi connectivity index (χ4v) is 2.60. The van der Waals surface area contributed by atoms with E-state index in [1.165, 1.54) is 0 Å². The van der Waals surface area contributed by atoms with Gasteiger partial charge in [0.25, 0.3) is 0 Å². The van der Waals surface area contributed by atoms with Crippen molar-refractivity contribution in [3.8, 4) is 0 Å². The largest absolute Gasteiger partial charge is 0.394 e. The summed E-state index contributed by atoms with van der Waals surface area (Å²) >= 11 is 0. The molecule has 8 N–H and O–H groups in total. The summed E-state index contributed by atoms with van der Waals surface area (Å²) in [4.78, 5) is 0. The zero-order valence-corrected chi connectivity index (χ0v) is 14.5. The molecule has 0 radical (unpaired) electrons. The summed E-state index contributed by atoms with van der Waals surface area (Å²) in [5.74, 6) is 0. The van der Waals surface area contributed by atoms with E-state index in [9.17, 15) is 30.6 Å². The zero-order valence-electron chi connectivity index (χ0n) is 14.5. The van der Waals surface area contributed by atoms with Crippen LogP contribution in [0.25, 0.3) is 0 Å². The van der Waals surface area contributed by atoms with Crippen LogP contribution in [0.15, 0.2) is 0 Å². The molecule has 0 aromatic carbocycles. The Morgan fingerprint density at radius 2 is 1.58 bits per heavy atom. The third kappa shape index (κ3) is 5.78. The van der Waals surface area contributed by atoms with E-state index in [1.54, 1.807) is 0 Å². The molecule has 26 heavy (non-hydrogen) atoms. The summed E-state index contributed by atoms with van der Waals surface area (Å²) in [6, 6.07) is 0. The lowest BCUT2D eigenvalue weighted by Crippen LogP contribution is -2.62. The van der Waals surface area contributed by atoms with Crippen molar-refractivity contribution in [1.29, 1.82) is 0 Å². The van der Waals surface area contributed by atoms with E-state index in [-0.39, 0.29) is 6.61 Å². The minimum absolute atomic E-state index is 0.207. The zero-order chi connectivity index (χ0) is 19.9. The molecule has 156 valence electrons. The Morgan fingerprint density at radius 1 is 0.962 bits per heavy atom. The number of aliphatic hydroxyl groups excluding tert-OH is 8. The second-order valence-corrected chi connectivity index (χ2v) is 6.13. The van der Waals surface area contributed by atoms with E-state index < -0.39 is 74.9 Å². The van der Waals surface area contributed by atoms with Crippen LogP contribution >= 0.6 is 0 Å². The Balaban J connectivity index is 2.96. The first-order valence-corrected chi connectivity index (χ1v) is 8.47. The number of hydrogen-bond acceptors (Lipinski definition) is 11. The predicted octanol–water partition coefficient (Wildman–Crippen LogP) is -4.33. The van der Waals surface area contributed by atoms with Crippen molar-refractivity contribution < 1.29 is 55.1 Å². The monoisotopic (exact) mass is 386 g/mol. The Labute approximate surface area is 151 Å². The van der Waals surface area contributed by atoms with Crippen LogP contribution in [0.5, 0.6) is 0 Å². The topological polar surface area (TPSA) is 190 Å². The molecule has 0 aromatic heterocycles. The average Bonchev–Trinajstić information content (AvgIpc) is 2.65. The Bertz CT molecular complexity index is 385. The van der Waals surface area contributed by atoms with Crippen LogP contribution in [0.4, 0.5) is 0 Å². The summed E-state index contributed by atoms with van der Waals surface area (Å²) in [6.07, 6.45) is -13.0. The molecule has 0 bridgehead atoms. The minimum atomic E-state index is -1.81. The normalized spacial score (nSPS) is 34.3. The molecule has 11 nitrogen and oxygen atoms in total. The van der Waals surface area contributed by atoms with Crippen molar-refractivity contribution in [2.45, 2.75) is 68.5 Å². The van der Waals surface area contributed by atoms with Gasteiger partial charge in [-0.2, -0.15) is 0 Å². The van der Waals surface area contributed by atoms with Gasteiger partial charge in [0.2, 0.25) is 0 Å². The maximum Gasteiger partial charge on any atom is 0.187 e. The number of hydrogen-bond donors (Lipinski definition) is 8. The maximum atomic E-state index is 10.4. The Kier molecular flexibility index (Phi) is 10.4. The molecule has 0 saturated carbocycles. The van der Waals surface area contributed by atoms with Gasteiger partial charge in [0.05, 0.1) is 19.8 Å². The van der Waals surface area contributed by atoms with Gasteiger partial charge in [-0.1, -0.05) is 6.92 Å². The van der Waals surface area contributed by atoms with Gasteiger partial charge in [-0.3, -0.25) is 0 Å². The van der Waals surface area contributed by atoms with Gasteiger partial charge in [-0.25, -0.2) is 0 Å². The van der Waals surface area contributed by atoms with Crippen LogP contribution in [0, 0.1) is 0 Å². The van der Waals surface area contributed by atoms with Crippen LogP contribution in [0.1, 0.15) is 13.3 Å². The molecule has 1 aliphatic heterocycles. The lowest BCUT2D eigenvalue weighted by atomic mass is 9.98. The maximum absolute atomic E-state index is 10.4. The standard InChI is InChI=1S/C15H30O11/c1-2-3-24-14-11(22)9(6-18)25-15(12(14)23)26-13(8(20)5-17)10(21)7(19)4-16/h7-23H,2-6H2,1H3. The van der Waals surface area contributed by atoms with Gasteiger partial charge in [-0.15, -0.1) is 0 Å². The molecular formula is C15H30O11. The molecular weight excluding hydrogens is 356 g/mol. The Morgan fingerprint density at radius 3 is 2.08 bits per heavy atom. The Hall–Kier alpha value is -0.440. The van der Waals surface area contributed by atoms with Gasteiger partial charge in [0, 0.05) is 6.61 Å². The highest BCUT2D eigenvalue weighted by molar-refractivity contribution is 4.92. The van der Waals surface area contributed by atoms with Crippen LogP contribution in [-0.2, 0) is 14.2 Å². The molecule has 1 saturated heterocycles. The van der Waals surface area contributed by atoms with Gasteiger partial charge in [0.1, 0.15) is 48.8 Å². The fraction of sp³-hybridized carbons (Fsp3) is 1.00. The average molecular weight is 386 g/mol. The molecule has 0 aliphatic carbocycles. The highest BCUT2D eigenvalue weighted by Crippen LogP contribution is 2.27. The summed E-state index contributed by atoms with van der Waals surface area (Å²) in [5.41, 5.74) is 0. The van der Waals surface area contributed by atoms with Crippen LogP contribution in [0.2, 0.25) is 0 Å². The summed E-state index contributed by atoms with van der Waals surface area (Å²) in [7, 11) is 0. The summed E-state index contributed by atoms with van der Waals surface area (Å²) < 4.78 is 16.0. The van der Waals surface area contributed by atoms with E-state index in [1.807, 2.05) is 6.92 Å². The van der Waals surface area contributed by atoms with E-state index >= 15 is 0 Å². The number of ether oxygens (including phenoxy) is 3. The minimum Gasteiger partial charge on any atom is -0.394 e. The predicted molar refractivity (Wildman–Crippen MR) is 84.9 cm³/mol. The first-order valence-electron chi connectivity index (χ1n) is 8.47. The van der Waals surface area contributed by atoms with E-state index in [2.05, 4.69) is 0 Å². The molecule has 1 aliphatic rings. The van der Waals surface area contributed by atoms with Gasteiger partial charge >= 0.3 is 0 Å². The van der Waals surface area contributed by atoms with Crippen molar-refractivity contribution >= 4 is 0 Å². The van der Waals surface area contributed by atoms with Crippen LogP contribution in [0.3, 0.4) is 0 Å². The smallest absolute Gasteiger partial charge is 0.187 e. The molecule has 1 heterocycles. The van der Waals surface area contributed by atoms with Crippen LogP contribution < -0.4 is 0 Å². The number of rotatable bonds is 11. The first-order chi connectivity index (χ1) is 12.3. The molecule has 1 fully saturated rings. The first kappa shape index (κ1) is 23.6. The van der Waals surface area contributed by atoms with Crippen molar-refractivity contribution in [3.63, 3.8) is 0 Å². The van der Waals surface area contributed by atoms with Gasteiger partial charge in [-0.05, 0) is 6.42 Å². The summed E-state index contributed by atoms with van der Waals surface area (Å²) in [5, 5.41) is 77.3.